The van der Waals surface area contributed by atoms with Crippen LogP contribution in [0.3, 0.4) is 0 Å². The van der Waals surface area contributed by atoms with Crippen molar-refractivity contribution in [2.75, 3.05) is 7.11 Å². The Labute approximate surface area is 100.0 Å². The molecular weight excluding hydrogens is 249 g/mol. The molecule has 1 aromatic heterocycles. The van der Waals surface area contributed by atoms with E-state index in [1.165, 1.54) is 24.8 Å². The van der Waals surface area contributed by atoms with Gasteiger partial charge in [-0.05, 0) is 18.2 Å². The summed E-state index contributed by atoms with van der Waals surface area (Å²) < 4.78 is 43.4. The number of alkyl halides is 3. The monoisotopic (exact) mass is 258 g/mol. The van der Waals surface area contributed by atoms with Gasteiger partial charge >= 0.3 is 12.1 Å². The largest absolute Gasteiger partial charge is 0.463 e. The number of carbonyl (C=O) groups excluding carboxylic acids is 1. The molecule has 0 fully saturated rings. The minimum Gasteiger partial charge on any atom is -0.463 e. The Balaban J connectivity index is 2.64. The van der Waals surface area contributed by atoms with Crippen LogP contribution < -0.4 is 0 Å². The zero-order valence-corrected chi connectivity index (χ0v) is 9.58. The van der Waals surface area contributed by atoms with Gasteiger partial charge in [0.25, 0.3) is 0 Å². The predicted molar refractivity (Wildman–Crippen MR) is 57.1 cm³/mol. The molecule has 0 spiro atoms. The van der Waals surface area contributed by atoms with E-state index in [1.54, 1.807) is 0 Å². The van der Waals surface area contributed by atoms with E-state index in [0.29, 0.717) is 5.52 Å². The van der Waals surface area contributed by atoms with Gasteiger partial charge in [0, 0.05) is 7.05 Å². The smallest absolute Gasteiger partial charge is 0.416 e. The van der Waals surface area contributed by atoms with E-state index in [0.717, 1.165) is 12.1 Å². The third-order valence-corrected chi connectivity index (χ3v) is 2.58. The lowest BCUT2D eigenvalue weighted by atomic mass is 10.2. The van der Waals surface area contributed by atoms with Gasteiger partial charge in [0.1, 0.15) is 0 Å². The van der Waals surface area contributed by atoms with Gasteiger partial charge in [-0.2, -0.15) is 13.2 Å². The average Bonchev–Trinajstić information content (AvgIpc) is 2.64. The van der Waals surface area contributed by atoms with Crippen molar-refractivity contribution in [1.29, 1.82) is 0 Å². The molecule has 0 saturated carbocycles. The Bertz CT molecular complexity index is 617. The van der Waals surface area contributed by atoms with E-state index in [4.69, 9.17) is 0 Å². The van der Waals surface area contributed by atoms with Crippen molar-refractivity contribution in [3.05, 3.63) is 29.6 Å². The van der Waals surface area contributed by atoms with Crippen LogP contribution in [0.1, 0.15) is 16.2 Å². The molecular formula is C11H9F3N2O2. The van der Waals surface area contributed by atoms with Crippen LogP contribution >= 0.6 is 0 Å². The van der Waals surface area contributed by atoms with Gasteiger partial charge in [-0.3, -0.25) is 0 Å². The standard InChI is InChI=1S/C11H9F3N2O2/c1-16-8-5-6(11(12,13)14)3-4-7(8)15-9(16)10(17)18-2/h3-5H,1-2H3. The number of halogens is 3. The zero-order chi connectivity index (χ0) is 13.5. The first-order chi connectivity index (χ1) is 8.34. The van der Waals surface area contributed by atoms with Gasteiger partial charge in [0.2, 0.25) is 5.82 Å². The van der Waals surface area contributed by atoms with Crippen LogP contribution in [0.5, 0.6) is 0 Å². The Morgan fingerprint density at radius 1 is 1.39 bits per heavy atom. The lowest BCUT2D eigenvalue weighted by Gasteiger charge is -2.06. The molecule has 7 heteroatoms. The molecule has 4 nitrogen and oxygen atoms in total. The number of fused-ring (bicyclic) bond motifs is 1. The van der Waals surface area contributed by atoms with Crippen LogP contribution in [-0.4, -0.2) is 22.6 Å². The summed E-state index contributed by atoms with van der Waals surface area (Å²) in [6.07, 6.45) is -4.43. The molecule has 0 saturated heterocycles. The number of aromatic nitrogens is 2. The summed E-state index contributed by atoms with van der Waals surface area (Å²) in [5.41, 5.74) is -0.245. The van der Waals surface area contributed by atoms with E-state index in [-0.39, 0.29) is 11.3 Å². The zero-order valence-electron chi connectivity index (χ0n) is 9.58. The van der Waals surface area contributed by atoms with Crippen LogP contribution in [0.25, 0.3) is 11.0 Å². The van der Waals surface area contributed by atoms with Crippen LogP contribution in [0.4, 0.5) is 13.2 Å². The number of benzene rings is 1. The summed E-state index contributed by atoms with van der Waals surface area (Å²) in [7, 11) is 2.64. The summed E-state index contributed by atoms with van der Waals surface area (Å²) in [6.45, 7) is 0. The second-order valence-corrected chi connectivity index (χ2v) is 3.69. The molecule has 0 radical (unpaired) electrons. The normalized spacial score (nSPS) is 11.8. The Kier molecular flexibility index (Phi) is 2.76. The van der Waals surface area contributed by atoms with Crippen LogP contribution in [-0.2, 0) is 18.0 Å². The fraction of sp³-hybridized carbons (Fsp3) is 0.273. The first-order valence-electron chi connectivity index (χ1n) is 4.96. The molecule has 1 heterocycles. The second kappa shape index (κ2) is 4.01. The molecule has 2 rings (SSSR count). The van der Waals surface area contributed by atoms with E-state index in [9.17, 15) is 18.0 Å². The highest BCUT2D eigenvalue weighted by atomic mass is 19.4. The SMILES string of the molecule is COC(=O)c1nc2ccc(C(F)(F)F)cc2n1C. The molecule has 2 aromatic rings. The molecule has 96 valence electrons. The van der Waals surface area contributed by atoms with Crippen molar-refractivity contribution >= 4 is 17.0 Å². The average molecular weight is 258 g/mol. The Morgan fingerprint density at radius 3 is 2.61 bits per heavy atom. The molecule has 18 heavy (non-hydrogen) atoms. The third kappa shape index (κ3) is 1.92. The van der Waals surface area contributed by atoms with E-state index in [2.05, 4.69) is 9.72 Å². The topological polar surface area (TPSA) is 44.1 Å². The molecule has 0 bridgehead atoms. The molecule has 0 amide bonds. The number of aryl methyl sites for hydroxylation is 1. The summed E-state index contributed by atoms with van der Waals surface area (Å²) in [4.78, 5) is 15.3. The van der Waals surface area contributed by atoms with Crippen molar-refractivity contribution in [3.8, 4) is 0 Å². The number of imidazole rings is 1. The van der Waals surface area contributed by atoms with Crippen LogP contribution in [0, 0.1) is 0 Å². The molecule has 0 aliphatic heterocycles. The van der Waals surface area contributed by atoms with Gasteiger partial charge in [-0.25, -0.2) is 9.78 Å². The van der Waals surface area contributed by atoms with Crippen LogP contribution in [0.15, 0.2) is 18.2 Å². The van der Waals surface area contributed by atoms with E-state index < -0.39 is 17.7 Å². The highest BCUT2D eigenvalue weighted by molar-refractivity contribution is 5.91. The maximum absolute atomic E-state index is 12.6. The van der Waals surface area contributed by atoms with Gasteiger partial charge < -0.3 is 9.30 Å². The second-order valence-electron chi connectivity index (χ2n) is 3.69. The number of hydrogen-bond acceptors (Lipinski definition) is 3. The number of hydrogen-bond donors (Lipinski definition) is 0. The van der Waals surface area contributed by atoms with E-state index in [1.807, 2.05) is 0 Å². The maximum atomic E-state index is 12.6. The number of ether oxygens (including phenoxy) is 1. The number of carbonyl (C=O) groups is 1. The summed E-state index contributed by atoms with van der Waals surface area (Å²) >= 11 is 0. The van der Waals surface area contributed by atoms with Gasteiger partial charge in [0.05, 0.1) is 23.7 Å². The minimum absolute atomic E-state index is 0.0353. The van der Waals surface area contributed by atoms with Crippen molar-refractivity contribution in [2.24, 2.45) is 7.05 Å². The summed E-state index contributed by atoms with van der Waals surface area (Å²) in [6, 6.07) is 3.11. The van der Waals surface area contributed by atoms with Gasteiger partial charge in [-0.15, -0.1) is 0 Å². The van der Waals surface area contributed by atoms with Crippen molar-refractivity contribution in [2.45, 2.75) is 6.18 Å². The fourth-order valence-electron chi connectivity index (χ4n) is 1.64. The quantitative estimate of drug-likeness (QED) is 0.737. The predicted octanol–water partition coefficient (Wildman–Crippen LogP) is 2.38. The highest BCUT2D eigenvalue weighted by Crippen LogP contribution is 2.31. The number of methoxy groups -OCH3 is 1. The van der Waals surface area contributed by atoms with Crippen molar-refractivity contribution in [1.82, 2.24) is 9.55 Å². The summed E-state index contributed by atoms with van der Waals surface area (Å²) in [5.74, 6) is -0.728. The molecule has 0 atom stereocenters. The number of nitrogens with zero attached hydrogens (tertiary/aromatic N) is 2. The van der Waals surface area contributed by atoms with Crippen molar-refractivity contribution < 1.29 is 22.7 Å². The molecule has 0 aliphatic rings. The fourth-order valence-corrected chi connectivity index (χ4v) is 1.64. The minimum atomic E-state index is -4.43. The lowest BCUT2D eigenvalue weighted by molar-refractivity contribution is -0.137. The van der Waals surface area contributed by atoms with Crippen LogP contribution in [0.2, 0.25) is 0 Å². The lowest BCUT2D eigenvalue weighted by Crippen LogP contribution is -2.09. The molecule has 0 aliphatic carbocycles. The third-order valence-electron chi connectivity index (χ3n) is 2.58. The Hall–Kier alpha value is -2.05. The molecule has 1 aromatic carbocycles. The summed E-state index contributed by atoms with van der Waals surface area (Å²) in [5, 5.41) is 0. The number of esters is 1. The Morgan fingerprint density at radius 2 is 2.06 bits per heavy atom. The van der Waals surface area contributed by atoms with E-state index >= 15 is 0 Å². The first-order valence-corrected chi connectivity index (χ1v) is 4.96. The first kappa shape index (κ1) is 12.4. The molecule has 0 unspecified atom stereocenters. The number of rotatable bonds is 1. The maximum Gasteiger partial charge on any atom is 0.416 e. The molecule has 0 N–H and O–H groups in total. The van der Waals surface area contributed by atoms with Crippen molar-refractivity contribution in [3.63, 3.8) is 0 Å². The van der Waals surface area contributed by atoms with Gasteiger partial charge in [0.15, 0.2) is 0 Å². The van der Waals surface area contributed by atoms with Gasteiger partial charge in [-0.1, -0.05) is 0 Å². The highest BCUT2D eigenvalue weighted by Gasteiger charge is 2.31.